The normalized spacial score (nSPS) is 16.6. The summed E-state index contributed by atoms with van der Waals surface area (Å²) >= 11 is 7.16. The van der Waals surface area contributed by atoms with Crippen molar-refractivity contribution in [1.29, 1.82) is 4.78 Å². The molecule has 0 radical (unpaired) electrons. The summed E-state index contributed by atoms with van der Waals surface area (Å²) in [5, 5.41) is 16.0. The Morgan fingerprint density at radius 2 is 1.92 bits per heavy atom. The third-order valence-corrected chi connectivity index (χ3v) is 11.0. The van der Waals surface area contributed by atoms with Gasteiger partial charge >= 0.3 is 0 Å². The molecule has 208 valence electrons. The third-order valence-electron chi connectivity index (χ3n) is 6.42. The summed E-state index contributed by atoms with van der Waals surface area (Å²) in [6.07, 6.45) is -0.157. The maximum absolute atomic E-state index is 13.4. The number of benzene rings is 1. The molecule has 10 nitrogen and oxygen atoms in total. The number of nitrogens with zero attached hydrogens (tertiary/aromatic N) is 4. The number of halogens is 3. The minimum absolute atomic E-state index is 0.0205. The molecule has 1 fully saturated rings. The van der Waals surface area contributed by atoms with E-state index in [1.54, 1.807) is 26.0 Å². The summed E-state index contributed by atoms with van der Waals surface area (Å²) in [6.45, 7) is 3.09. The molecular weight excluding hydrogens is 594 g/mol. The predicted octanol–water partition coefficient (Wildman–Crippen LogP) is 4.65. The Hall–Kier alpha value is -2.56. The molecule has 3 N–H and O–H groups in total. The number of aliphatic hydroxyl groups is 1. The van der Waals surface area contributed by atoms with Crippen molar-refractivity contribution in [3.63, 3.8) is 0 Å². The lowest BCUT2D eigenvalue weighted by atomic mass is 10.0. The molecule has 0 bridgehead atoms. The average molecular weight is 617 g/mol. The van der Waals surface area contributed by atoms with Crippen molar-refractivity contribution in [2.45, 2.75) is 48.4 Å². The number of aromatic nitrogens is 4. The number of nitrogens with one attached hydrogen (secondary N) is 2. The van der Waals surface area contributed by atoms with Gasteiger partial charge in [-0.25, -0.2) is 35.9 Å². The molecule has 1 aliphatic rings. The molecule has 0 amide bonds. The first-order chi connectivity index (χ1) is 18.2. The van der Waals surface area contributed by atoms with E-state index in [2.05, 4.69) is 19.9 Å². The largest absolute Gasteiger partial charge is 0.395 e. The fraction of sp³-hybridized carbons (Fsp3) is 0.348. The third kappa shape index (κ3) is 5.30. The molecule has 3 heterocycles. The predicted molar refractivity (Wildman–Crippen MR) is 143 cm³/mol. The summed E-state index contributed by atoms with van der Waals surface area (Å²) in [5.41, 5.74) is 1.20. The first-order valence-corrected chi connectivity index (χ1v) is 16.0. The number of hydrogen-bond donors (Lipinski definition) is 3. The highest BCUT2D eigenvalue weighted by molar-refractivity contribution is 7.92. The number of imidazole rings is 1. The van der Waals surface area contributed by atoms with Gasteiger partial charge in [0.15, 0.2) is 21.0 Å². The molecule has 3 aromatic heterocycles. The maximum Gasteiger partial charge on any atom is 0.291 e. The van der Waals surface area contributed by atoms with Crippen molar-refractivity contribution >= 4 is 48.2 Å². The Morgan fingerprint density at radius 1 is 1.21 bits per heavy atom. The van der Waals surface area contributed by atoms with Crippen molar-refractivity contribution in [3.8, 4) is 22.0 Å². The minimum Gasteiger partial charge on any atom is -0.395 e. The number of aryl methyl sites for hydroxylation is 1. The standard InChI is InChI=1S/C23H23ClF2N6O4S3/c1-12-9-13(38(27,34)8-7-33)3-4-15(12)16-10-14(39(35,36)31-23(2)5-6-23)11-32-17(16)18(24)28-20(32)22-30-29-21(37-22)19(25)26/h3-4,9-11,19,27,31,33H,5-8H2,1-2H3. The Bertz CT molecular complexity index is 1820. The first-order valence-electron chi connectivity index (χ1n) is 11.6. The number of alkyl halides is 2. The zero-order chi connectivity index (χ0) is 28.3. The molecule has 0 saturated heterocycles. The minimum atomic E-state index is -4.02. The molecule has 1 aliphatic carbocycles. The highest BCUT2D eigenvalue weighted by Gasteiger charge is 2.41. The zero-order valence-corrected chi connectivity index (χ0v) is 23.8. The number of sulfonamides is 1. The van der Waals surface area contributed by atoms with Crippen molar-refractivity contribution in [2.75, 3.05) is 12.4 Å². The Morgan fingerprint density at radius 3 is 2.51 bits per heavy atom. The van der Waals surface area contributed by atoms with Gasteiger partial charge in [-0.3, -0.25) is 4.40 Å². The van der Waals surface area contributed by atoms with Gasteiger partial charge in [0.2, 0.25) is 10.0 Å². The monoisotopic (exact) mass is 616 g/mol. The molecule has 1 aromatic carbocycles. The SMILES string of the molecule is Cc1cc(S(=N)(=O)CCO)ccc1-c1cc(S(=O)(=O)NC2(C)CC2)cn2c(-c3nnc(C(F)F)s3)nc(Cl)c12. The van der Waals surface area contributed by atoms with Crippen LogP contribution in [0, 0.1) is 11.7 Å². The van der Waals surface area contributed by atoms with Crippen LogP contribution >= 0.6 is 22.9 Å². The van der Waals surface area contributed by atoms with Gasteiger partial charge < -0.3 is 5.11 Å². The quantitative estimate of drug-likeness (QED) is 0.248. The molecule has 0 aliphatic heterocycles. The molecule has 1 unspecified atom stereocenters. The number of rotatable bonds is 9. The van der Waals surface area contributed by atoms with Crippen LogP contribution in [0.15, 0.2) is 40.3 Å². The topological polar surface area (TPSA) is 150 Å². The van der Waals surface area contributed by atoms with E-state index in [9.17, 15) is 26.5 Å². The highest BCUT2D eigenvalue weighted by Crippen LogP contribution is 2.40. The maximum atomic E-state index is 13.4. The lowest BCUT2D eigenvalue weighted by Gasteiger charge is -2.16. The average Bonchev–Trinajstić information content (AvgIpc) is 3.24. The Kier molecular flexibility index (Phi) is 7.04. The van der Waals surface area contributed by atoms with Crippen LogP contribution in [-0.2, 0) is 19.8 Å². The smallest absolute Gasteiger partial charge is 0.291 e. The van der Waals surface area contributed by atoms with Gasteiger partial charge in [0, 0.05) is 22.2 Å². The number of pyridine rings is 1. The van der Waals surface area contributed by atoms with E-state index >= 15 is 0 Å². The summed E-state index contributed by atoms with van der Waals surface area (Å²) in [5.74, 6) is -0.184. The molecule has 16 heteroatoms. The van der Waals surface area contributed by atoms with Gasteiger partial charge in [0.05, 0.1) is 32.5 Å². The fourth-order valence-electron chi connectivity index (χ4n) is 4.13. The van der Waals surface area contributed by atoms with Gasteiger partial charge in [0.25, 0.3) is 6.43 Å². The lowest BCUT2D eigenvalue weighted by Crippen LogP contribution is -2.34. The summed E-state index contributed by atoms with van der Waals surface area (Å²) in [6, 6.07) is 6.07. The Balaban J connectivity index is 1.76. The molecule has 1 atom stereocenters. The highest BCUT2D eigenvalue weighted by atomic mass is 35.5. The van der Waals surface area contributed by atoms with E-state index in [0.717, 1.165) is 0 Å². The summed E-state index contributed by atoms with van der Waals surface area (Å²) in [7, 11) is -7.26. The van der Waals surface area contributed by atoms with E-state index in [0.29, 0.717) is 46.4 Å². The van der Waals surface area contributed by atoms with E-state index in [1.165, 1.54) is 22.7 Å². The number of hydrogen-bond acceptors (Lipinski definition) is 9. The molecule has 1 saturated carbocycles. The van der Waals surface area contributed by atoms with Crippen molar-refractivity contribution in [1.82, 2.24) is 24.3 Å². The second kappa shape index (κ2) is 9.82. The van der Waals surface area contributed by atoms with Crippen LogP contribution in [0.25, 0.3) is 27.5 Å². The molecular formula is C23H23ClF2N6O4S3. The van der Waals surface area contributed by atoms with E-state index in [-0.39, 0.29) is 31.5 Å². The van der Waals surface area contributed by atoms with Crippen LogP contribution in [0.5, 0.6) is 0 Å². The zero-order valence-electron chi connectivity index (χ0n) is 20.6. The van der Waals surface area contributed by atoms with E-state index in [4.69, 9.17) is 16.4 Å². The van der Waals surface area contributed by atoms with Gasteiger partial charge in [0.1, 0.15) is 0 Å². The van der Waals surface area contributed by atoms with Gasteiger partial charge in [-0.15, -0.1) is 10.2 Å². The van der Waals surface area contributed by atoms with Gasteiger partial charge in [-0.1, -0.05) is 29.0 Å². The Labute approximate surface area is 232 Å². The fourth-order valence-corrected chi connectivity index (χ4v) is 7.72. The molecule has 5 rings (SSSR count). The molecule has 39 heavy (non-hydrogen) atoms. The lowest BCUT2D eigenvalue weighted by molar-refractivity contribution is 0.150. The second-order valence-electron chi connectivity index (χ2n) is 9.53. The van der Waals surface area contributed by atoms with Crippen LogP contribution in [0.4, 0.5) is 8.78 Å². The van der Waals surface area contributed by atoms with Crippen LogP contribution in [0.2, 0.25) is 5.15 Å². The van der Waals surface area contributed by atoms with Crippen molar-refractivity contribution in [3.05, 3.63) is 46.2 Å². The van der Waals surface area contributed by atoms with E-state index in [1.807, 2.05) is 0 Å². The molecule has 0 spiro atoms. The van der Waals surface area contributed by atoms with Crippen molar-refractivity contribution in [2.24, 2.45) is 0 Å². The van der Waals surface area contributed by atoms with Crippen LogP contribution < -0.4 is 4.72 Å². The van der Waals surface area contributed by atoms with Crippen LogP contribution in [0.3, 0.4) is 0 Å². The van der Waals surface area contributed by atoms with Gasteiger partial charge in [-0.05, 0) is 56.0 Å². The van der Waals surface area contributed by atoms with Gasteiger partial charge in [-0.2, -0.15) is 0 Å². The van der Waals surface area contributed by atoms with Crippen LogP contribution in [-0.4, -0.2) is 55.2 Å². The second-order valence-corrected chi connectivity index (χ2v) is 14.8. The number of fused-ring (bicyclic) bond motifs is 1. The van der Waals surface area contributed by atoms with E-state index < -0.39 is 43.3 Å². The summed E-state index contributed by atoms with van der Waals surface area (Å²) in [4.78, 5) is 4.42. The van der Waals surface area contributed by atoms with Crippen molar-refractivity contribution < 1.29 is 26.5 Å². The first kappa shape index (κ1) is 28.0. The number of aliphatic hydroxyl groups excluding tert-OH is 1. The summed E-state index contributed by atoms with van der Waals surface area (Å²) < 4.78 is 78.2. The molecule has 4 aromatic rings. The van der Waals surface area contributed by atoms with Crippen LogP contribution in [0.1, 0.15) is 36.8 Å².